The molecule has 0 aliphatic carbocycles. The summed E-state index contributed by atoms with van der Waals surface area (Å²) in [4.78, 5) is 36.6. The number of hydrogen-bond donors (Lipinski definition) is 1. The molecule has 1 fully saturated rings. The van der Waals surface area contributed by atoms with Gasteiger partial charge in [-0.15, -0.1) is 0 Å². The minimum Gasteiger partial charge on any atom is -0.484 e. The van der Waals surface area contributed by atoms with Crippen molar-refractivity contribution < 1.29 is 32.3 Å². The molecule has 152 valence electrons. The fraction of sp³-hybridized carbons (Fsp3) is 0.211. The van der Waals surface area contributed by atoms with Gasteiger partial charge in [-0.1, -0.05) is 17.7 Å². The highest BCUT2D eigenvalue weighted by Gasteiger charge is 2.33. The predicted molar refractivity (Wildman–Crippen MR) is 98.7 cm³/mol. The molecule has 1 saturated heterocycles. The molecule has 0 bridgehead atoms. The Bertz CT molecular complexity index is 962. The number of benzene rings is 2. The van der Waals surface area contributed by atoms with E-state index in [1.165, 1.54) is 18.2 Å². The quantitative estimate of drug-likeness (QED) is 0.732. The highest BCUT2D eigenvalue weighted by Crippen LogP contribution is 2.36. The molecule has 3 amide bonds. The van der Waals surface area contributed by atoms with E-state index in [0.717, 1.165) is 17.0 Å². The normalized spacial score (nSPS) is 14.3. The molecule has 1 aliphatic heterocycles. The lowest BCUT2D eigenvalue weighted by molar-refractivity contribution is -0.137. The number of amides is 3. The van der Waals surface area contributed by atoms with Gasteiger partial charge in [-0.2, -0.15) is 13.2 Å². The van der Waals surface area contributed by atoms with Crippen molar-refractivity contribution in [3.63, 3.8) is 0 Å². The molecule has 0 spiro atoms. The van der Waals surface area contributed by atoms with Crippen LogP contribution < -0.4 is 15.0 Å². The van der Waals surface area contributed by atoms with E-state index in [4.69, 9.17) is 16.3 Å². The van der Waals surface area contributed by atoms with Crippen LogP contribution >= 0.6 is 11.6 Å². The molecule has 29 heavy (non-hydrogen) atoms. The summed E-state index contributed by atoms with van der Waals surface area (Å²) in [5.74, 6) is -1.13. The van der Waals surface area contributed by atoms with Gasteiger partial charge >= 0.3 is 6.18 Å². The van der Waals surface area contributed by atoms with Crippen LogP contribution in [-0.2, 0) is 20.6 Å². The van der Waals surface area contributed by atoms with Crippen molar-refractivity contribution in [3.05, 3.63) is 53.1 Å². The van der Waals surface area contributed by atoms with Gasteiger partial charge in [0.2, 0.25) is 11.8 Å². The summed E-state index contributed by atoms with van der Waals surface area (Å²) in [5, 5.41) is 1.82. The van der Waals surface area contributed by atoms with Crippen LogP contribution in [0.25, 0.3) is 0 Å². The number of nitrogens with zero attached hydrogens (tertiary/aromatic N) is 1. The second-order valence-electron chi connectivity index (χ2n) is 6.15. The zero-order valence-corrected chi connectivity index (χ0v) is 15.5. The zero-order valence-electron chi connectivity index (χ0n) is 14.8. The number of nitrogens with one attached hydrogen (secondary N) is 1. The smallest absolute Gasteiger partial charge is 0.417 e. The second-order valence-corrected chi connectivity index (χ2v) is 6.56. The van der Waals surface area contributed by atoms with Gasteiger partial charge in [0.1, 0.15) is 5.75 Å². The van der Waals surface area contributed by atoms with Crippen LogP contribution in [0.2, 0.25) is 5.02 Å². The standard InChI is InChI=1S/C19H14ClF3N2O4/c20-15-5-4-11(8-14(15)19(21,22)23)24-16(26)10-29-13-3-1-2-12(9-13)25-17(27)6-7-18(25)28/h1-5,8-9H,6-7,10H2,(H,24,26). The second kappa shape index (κ2) is 8.12. The van der Waals surface area contributed by atoms with Crippen molar-refractivity contribution in [1.29, 1.82) is 0 Å². The maximum Gasteiger partial charge on any atom is 0.417 e. The van der Waals surface area contributed by atoms with Crippen LogP contribution in [0.15, 0.2) is 42.5 Å². The van der Waals surface area contributed by atoms with Crippen molar-refractivity contribution in [2.24, 2.45) is 0 Å². The summed E-state index contributed by atoms with van der Waals surface area (Å²) in [6.07, 6.45) is -4.39. The summed E-state index contributed by atoms with van der Waals surface area (Å²) < 4.78 is 44.0. The first-order chi connectivity index (χ1) is 13.6. The summed E-state index contributed by atoms with van der Waals surface area (Å²) >= 11 is 5.54. The van der Waals surface area contributed by atoms with E-state index < -0.39 is 29.3 Å². The summed E-state index contributed by atoms with van der Waals surface area (Å²) in [6, 6.07) is 9.06. The molecule has 3 rings (SSSR count). The molecule has 6 nitrogen and oxygen atoms in total. The van der Waals surface area contributed by atoms with Gasteiger partial charge < -0.3 is 10.1 Å². The SMILES string of the molecule is O=C(COc1cccc(N2C(=O)CCC2=O)c1)Nc1ccc(Cl)c(C(F)(F)F)c1. The molecule has 0 aromatic heterocycles. The molecule has 0 radical (unpaired) electrons. The highest BCUT2D eigenvalue weighted by molar-refractivity contribution is 6.31. The van der Waals surface area contributed by atoms with Crippen LogP contribution in [-0.4, -0.2) is 24.3 Å². The van der Waals surface area contributed by atoms with E-state index in [0.29, 0.717) is 5.69 Å². The molecule has 10 heteroatoms. The van der Waals surface area contributed by atoms with Gasteiger partial charge in [0.25, 0.3) is 5.91 Å². The first-order valence-corrected chi connectivity index (χ1v) is 8.78. The Morgan fingerprint density at radius 3 is 2.45 bits per heavy atom. The van der Waals surface area contributed by atoms with E-state index in [1.54, 1.807) is 12.1 Å². The number of imide groups is 1. The molecule has 0 saturated carbocycles. The van der Waals surface area contributed by atoms with Gasteiger partial charge in [0.05, 0.1) is 16.3 Å². The number of alkyl halides is 3. The number of hydrogen-bond acceptors (Lipinski definition) is 4. The van der Waals surface area contributed by atoms with Crippen molar-refractivity contribution in [1.82, 2.24) is 0 Å². The van der Waals surface area contributed by atoms with Gasteiger partial charge in [-0.25, -0.2) is 0 Å². The maximum atomic E-state index is 12.9. The Morgan fingerprint density at radius 1 is 1.10 bits per heavy atom. The number of carbonyl (C=O) groups is 3. The number of anilines is 2. The minimum atomic E-state index is -4.65. The Balaban J connectivity index is 1.64. The van der Waals surface area contributed by atoms with E-state index in [9.17, 15) is 27.6 Å². The Morgan fingerprint density at radius 2 is 1.79 bits per heavy atom. The Labute approximate surface area is 168 Å². The molecule has 1 aliphatic rings. The zero-order chi connectivity index (χ0) is 21.2. The molecule has 1 N–H and O–H groups in total. The monoisotopic (exact) mass is 426 g/mol. The van der Waals surface area contributed by atoms with Gasteiger partial charge in [0.15, 0.2) is 6.61 Å². The molecule has 0 unspecified atom stereocenters. The van der Waals surface area contributed by atoms with Crippen molar-refractivity contribution >= 4 is 40.7 Å². The van der Waals surface area contributed by atoms with E-state index >= 15 is 0 Å². The topological polar surface area (TPSA) is 75.7 Å². The average molecular weight is 427 g/mol. The molecule has 2 aromatic carbocycles. The largest absolute Gasteiger partial charge is 0.484 e. The van der Waals surface area contributed by atoms with Crippen molar-refractivity contribution in [2.45, 2.75) is 19.0 Å². The Kier molecular flexibility index (Phi) is 5.78. The maximum absolute atomic E-state index is 12.9. The number of carbonyl (C=O) groups excluding carboxylic acids is 3. The molecule has 0 atom stereocenters. The third kappa shape index (κ3) is 4.86. The first kappa shape index (κ1) is 20.7. The molecule has 2 aromatic rings. The summed E-state index contributed by atoms with van der Waals surface area (Å²) in [5.41, 5.74) is -0.828. The van der Waals surface area contributed by atoms with E-state index in [2.05, 4.69) is 5.32 Å². The number of rotatable bonds is 5. The van der Waals surface area contributed by atoms with Crippen LogP contribution in [0.4, 0.5) is 24.5 Å². The average Bonchev–Trinajstić information content (AvgIpc) is 2.99. The molecular weight excluding hydrogens is 413 g/mol. The van der Waals surface area contributed by atoms with E-state index in [1.807, 2.05) is 0 Å². The fourth-order valence-electron chi connectivity index (χ4n) is 2.74. The van der Waals surface area contributed by atoms with Crippen LogP contribution in [0.5, 0.6) is 5.75 Å². The van der Waals surface area contributed by atoms with E-state index in [-0.39, 0.29) is 36.1 Å². The minimum absolute atomic E-state index is 0.0858. The lowest BCUT2D eigenvalue weighted by atomic mass is 10.2. The predicted octanol–water partition coefficient (Wildman–Crippen LogP) is 4.03. The molecular formula is C19H14ClF3N2O4. The summed E-state index contributed by atoms with van der Waals surface area (Å²) in [6.45, 7) is -0.491. The fourth-order valence-corrected chi connectivity index (χ4v) is 2.97. The Hall–Kier alpha value is -3.07. The van der Waals surface area contributed by atoms with Crippen molar-refractivity contribution in [3.8, 4) is 5.75 Å². The van der Waals surface area contributed by atoms with Gasteiger partial charge in [-0.3, -0.25) is 19.3 Å². The van der Waals surface area contributed by atoms with Gasteiger partial charge in [-0.05, 0) is 30.3 Å². The van der Waals surface area contributed by atoms with Gasteiger partial charge in [0, 0.05) is 24.6 Å². The molecule has 1 heterocycles. The number of halogens is 4. The third-order valence-corrected chi connectivity index (χ3v) is 4.38. The number of ether oxygens (including phenoxy) is 1. The van der Waals surface area contributed by atoms with Crippen molar-refractivity contribution in [2.75, 3.05) is 16.8 Å². The first-order valence-electron chi connectivity index (χ1n) is 8.40. The third-order valence-electron chi connectivity index (χ3n) is 4.05. The lowest BCUT2D eigenvalue weighted by Crippen LogP contribution is -2.28. The summed E-state index contributed by atoms with van der Waals surface area (Å²) in [7, 11) is 0. The lowest BCUT2D eigenvalue weighted by Gasteiger charge is -2.15. The van der Waals surface area contributed by atoms with Crippen LogP contribution in [0.3, 0.4) is 0 Å². The van der Waals surface area contributed by atoms with Crippen LogP contribution in [0, 0.1) is 0 Å². The highest BCUT2D eigenvalue weighted by atomic mass is 35.5. The van der Waals surface area contributed by atoms with Crippen LogP contribution in [0.1, 0.15) is 18.4 Å².